The Bertz CT molecular complexity index is 326. The Kier molecular flexibility index (Phi) is 2.67. The molecular formula is C13H16O. The van der Waals surface area contributed by atoms with E-state index in [0.717, 1.165) is 12.2 Å². The van der Waals surface area contributed by atoms with E-state index in [9.17, 15) is 4.79 Å². The Morgan fingerprint density at radius 3 is 2.86 bits per heavy atom. The van der Waals surface area contributed by atoms with Crippen molar-refractivity contribution >= 4 is 6.29 Å². The molecule has 1 heteroatoms. The largest absolute Gasteiger partial charge is 0.303 e. The minimum Gasteiger partial charge on any atom is -0.303 e. The second-order valence-electron chi connectivity index (χ2n) is 4.26. The number of aryl methyl sites for hydroxylation is 1. The summed E-state index contributed by atoms with van der Waals surface area (Å²) in [5.74, 6) is 1.24. The number of carbonyl (C=O) groups excluding carboxylic acids is 1. The maximum atomic E-state index is 10.6. The van der Waals surface area contributed by atoms with Gasteiger partial charge in [0.2, 0.25) is 0 Å². The van der Waals surface area contributed by atoms with Gasteiger partial charge in [-0.25, -0.2) is 0 Å². The van der Waals surface area contributed by atoms with Crippen LogP contribution in [0.4, 0.5) is 0 Å². The van der Waals surface area contributed by atoms with Crippen molar-refractivity contribution in [2.75, 3.05) is 0 Å². The van der Waals surface area contributed by atoms with Crippen LogP contribution in [0.1, 0.15) is 36.3 Å². The van der Waals surface area contributed by atoms with Crippen LogP contribution in [0.25, 0.3) is 0 Å². The van der Waals surface area contributed by atoms with Gasteiger partial charge in [-0.1, -0.05) is 29.8 Å². The van der Waals surface area contributed by atoms with Crippen LogP contribution in [-0.2, 0) is 4.79 Å². The van der Waals surface area contributed by atoms with Crippen LogP contribution in [-0.4, -0.2) is 6.29 Å². The van der Waals surface area contributed by atoms with Crippen molar-refractivity contribution in [1.29, 1.82) is 0 Å². The van der Waals surface area contributed by atoms with Gasteiger partial charge in [0.25, 0.3) is 0 Å². The highest BCUT2D eigenvalue weighted by Crippen LogP contribution is 2.44. The van der Waals surface area contributed by atoms with E-state index in [-0.39, 0.29) is 0 Å². The zero-order chi connectivity index (χ0) is 9.97. The first-order chi connectivity index (χ1) is 6.81. The maximum absolute atomic E-state index is 10.6. The lowest BCUT2D eigenvalue weighted by Crippen LogP contribution is -2.02. The predicted molar refractivity (Wildman–Crippen MR) is 57.3 cm³/mol. The Hall–Kier alpha value is -1.11. The molecule has 0 N–H and O–H groups in total. The summed E-state index contributed by atoms with van der Waals surface area (Å²) < 4.78 is 0. The van der Waals surface area contributed by atoms with Gasteiger partial charge in [-0.05, 0) is 37.2 Å². The minimum absolute atomic E-state index is 0.479. The van der Waals surface area contributed by atoms with Crippen LogP contribution >= 0.6 is 0 Å². The van der Waals surface area contributed by atoms with Crippen molar-refractivity contribution in [2.45, 2.75) is 32.1 Å². The molecular weight excluding hydrogens is 172 g/mol. The highest BCUT2D eigenvalue weighted by atomic mass is 16.1. The molecule has 0 saturated heterocycles. The molecule has 1 atom stereocenters. The molecule has 1 aliphatic carbocycles. The van der Waals surface area contributed by atoms with Crippen LogP contribution in [0.2, 0.25) is 0 Å². The molecule has 1 saturated carbocycles. The SMILES string of the molecule is Cc1cccc(C(CC=O)C2CC2)c1. The van der Waals surface area contributed by atoms with E-state index in [1.807, 2.05) is 0 Å². The molecule has 14 heavy (non-hydrogen) atoms. The van der Waals surface area contributed by atoms with Crippen molar-refractivity contribution in [2.24, 2.45) is 5.92 Å². The molecule has 0 aromatic heterocycles. The van der Waals surface area contributed by atoms with Gasteiger partial charge in [0.05, 0.1) is 0 Å². The third-order valence-electron chi connectivity index (χ3n) is 3.01. The van der Waals surface area contributed by atoms with Crippen molar-refractivity contribution in [3.05, 3.63) is 35.4 Å². The van der Waals surface area contributed by atoms with E-state index in [0.29, 0.717) is 12.3 Å². The zero-order valence-electron chi connectivity index (χ0n) is 8.57. The first kappa shape index (κ1) is 9.45. The monoisotopic (exact) mass is 188 g/mol. The number of hydrogen-bond donors (Lipinski definition) is 0. The van der Waals surface area contributed by atoms with Gasteiger partial charge in [0.15, 0.2) is 0 Å². The van der Waals surface area contributed by atoms with E-state index >= 15 is 0 Å². The summed E-state index contributed by atoms with van der Waals surface area (Å²) in [6.45, 7) is 2.11. The van der Waals surface area contributed by atoms with E-state index in [4.69, 9.17) is 0 Å². The van der Waals surface area contributed by atoms with Crippen molar-refractivity contribution in [3.8, 4) is 0 Å². The quantitative estimate of drug-likeness (QED) is 0.664. The highest BCUT2D eigenvalue weighted by molar-refractivity contribution is 5.52. The molecule has 0 aliphatic heterocycles. The summed E-state index contributed by atoms with van der Waals surface area (Å²) in [6.07, 6.45) is 4.35. The average Bonchev–Trinajstić information content (AvgIpc) is 2.97. The first-order valence-electron chi connectivity index (χ1n) is 5.31. The normalized spacial score (nSPS) is 17.8. The summed E-state index contributed by atoms with van der Waals surface area (Å²) >= 11 is 0. The second-order valence-corrected chi connectivity index (χ2v) is 4.26. The van der Waals surface area contributed by atoms with E-state index in [1.165, 1.54) is 24.0 Å². The van der Waals surface area contributed by atoms with Crippen LogP contribution in [0.15, 0.2) is 24.3 Å². The van der Waals surface area contributed by atoms with Gasteiger partial charge < -0.3 is 4.79 Å². The topological polar surface area (TPSA) is 17.1 Å². The van der Waals surface area contributed by atoms with Crippen molar-refractivity contribution in [3.63, 3.8) is 0 Å². The van der Waals surface area contributed by atoms with Gasteiger partial charge in [0.1, 0.15) is 6.29 Å². The van der Waals surface area contributed by atoms with Crippen LogP contribution in [0, 0.1) is 12.8 Å². The van der Waals surface area contributed by atoms with Crippen LogP contribution in [0.3, 0.4) is 0 Å². The summed E-state index contributed by atoms with van der Waals surface area (Å²) in [7, 11) is 0. The zero-order valence-corrected chi connectivity index (χ0v) is 8.57. The van der Waals surface area contributed by atoms with E-state index < -0.39 is 0 Å². The third-order valence-corrected chi connectivity index (χ3v) is 3.01. The molecule has 1 aliphatic rings. The Morgan fingerprint density at radius 2 is 2.29 bits per heavy atom. The molecule has 1 nitrogen and oxygen atoms in total. The fourth-order valence-electron chi connectivity index (χ4n) is 2.10. The Balaban J connectivity index is 2.20. The van der Waals surface area contributed by atoms with Crippen LogP contribution in [0.5, 0.6) is 0 Å². The number of aldehydes is 1. The van der Waals surface area contributed by atoms with Crippen molar-refractivity contribution in [1.82, 2.24) is 0 Å². The summed E-state index contributed by atoms with van der Waals surface area (Å²) in [5, 5.41) is 0. The van der Waals surface area contributed by atoms with Gasteiger partial charge in [0, 0.05) is 6.42 Å². The summed E-state index contributed by atoms with van der Waals surface area (Å²) in [6, 6.07) is 8.56. The average molecular weight is 188 g/mol. The molecule has 2 rings (SSSR count). The summed E-state index contributed by atoms with van der Waals surface area (Å²) in [5.41, 5.74) is 2.64. The fraction of sp³-hybridized carbons (Fsp3) is 0.462. The molecule has 0 radical (unpaired) electrons. The molecule has 0 heterocycles. The standard InChI is InChI=1S/C13H16O/c1-10-3-2-4-12(9-10)13(7-8-14)11-5-6-11/h2-4,8-9,11,13H,5-7H2,1H3. The Morgan fingerprint density at radius 1 is 1.50 bits per heavy atom. The molecule has 74 valence electrons. The molecule has 1 fully saturated rings. The molecule has 1 aromatic rings. The van der Waals surface area contributed by atoms with E-state index in [2.05, 4.69) is 31.2 Å². The van der Waals surface area contributed by atoms with Gasteiger partial charge >= 0.3 is 0 Å². The maximum Gasteiger partial charge on any atom is 0.120 e. The number of carbonyl (C=O) groups is 1. The minimum atomic E-state index is 0.479. The third kappa shape index (κ3) is 2.03. The molecule has 0 spiro atoms. The smallest absolute Gasteiger partial charge is 0.120 e. The van der Waals surface area contributed by atoms with Gasteiger partial charge in [-0.2, -0.15) is 0 Å². The lowest BCUT2D eigenvalue weighted by molar-refractivity contribution is -0.108. The molecule has 0 bridgehead atoms. The number of rotatable bonds is 4. The number of hydrogen-bond acceptors (Lipinski definition) is 1. The highest BCUT2D eigenvalue weighted by Gasteiger charge is 2.31. The fourth-order valence-corrected chi connectivity index (χ4v) is 2.10. The molecule has 0 amide bonds. The first-order valence-corrected chi connectivity index (χ1v) is 5.31. The lowest BCUT2D eigenvalue weighted by Gasteiger charge is -2.13. The lowest BCUT2D eigenvalue weighted by atomic mass is 9.91. The number of benzene rings is 1. The molecule has 1 unspecified atom stereocenters. The van der Waals surface area contributed by atoms with Crippen LogP contribution < -0.4 is 0 Å². The summed E-state index contributed by atoms with van der Waals surface area (Å²) in [4.78, 5) is 10.6. The van der Waals surface area contributed by atoms with Gasteiger partial charge in [-0.3, -0.25) is 0 Å². The predicted octanol–water partition coefficient (Wildman–Crippen LogP) is 3.08. The second kappa shape index (κ2) is 3.95. The molecule has 1 aromatic carbocycles. The van der Waals surface area contributed by atoms with E-state index in [1.54, 1.807) is 0 Å². The Labute approximate surface area is 85.1 Å². The van der Waals surface area contributed by atoms with Gasteiger partial charge in [-0.15, -0.1) is 0 Å². The van der Waals surface area contributed by atoms with Crippen molar-refractivity contribution < 1.29 is 4.79 Å².